The molecule has 4 nitrogen and oxygen atoms in total. The van der Waals surface area contributed by atoms with Gasteiger partial charge in [-0.15, -0.1) is 0 Å². The van der Waals surface area contributed by atoms with Gasteiger partial charge in [-0.05, 0) is 68.7 Å². The molecule has 0 spiro atoms. The topological polar surface area (TPSA) is 49.4 Å². The third kappa shape index (κ3) is 3.86. The molecule has 0 bridgehead atoms. The van der Waals surface area contributed by atoms with Gasteiger partial charge in [0, 0.05) is 29.4 Å². The van der Waals surface area contributed by atoms with Crippen molar-refractivity contribution in [1.29, 1.82) is 0 Å². The summed E-state index contributed by atoms with van der Waals surface area (Å²) in [5.74, 6) is 0.00777. The van der Waals surface area contributed by atoms with Gasteiger partial charge < -0.3 is 10.2 Å². The normalized spacial score (nSPS) is 14.9. The molecule has 3 rings (SSSR count). The van der Waals surface area contributed by atoms with Crippen LogP contribution in [0.25, 0.3) is 0 Å². The van der Waals surface area contributed by atoms with Crippen LogP contribution in [0.3, 0.4) is 0 Å². The Labute approximate surface area is 165 Å². The van der Waals surface area contributed by atoms with Gasteiger partial charge in [0.15, 0.2) is 0 Å². The number of rotatable bonds is 6. The number of anilines is 1. The van der Waals surface area contributed by atoms with E-state index in [2.05, 4.69) is 5.32 Å². The van der Waals surface area contributed by atoms with Crippen molar-refractivity contribution in [1.82, 2.24) is 4.90 Å². The molecule has 27 heavy (non-hydrogen) atoms. The van der Waals surface area contributed by atoms with Crippen LogP contribution in [0.1, 0.15) is 49.0 Å². The molecule has 142 valence electrons. The SMILES string of the molecule is CCN(CC)C(=O)c1ccc(NC(=O)C2(c3ccc(Cl)cc3)CCC2)cc1. The molecule has 2 aromatic carbocycles. The largest absolute Gasteiger partial charge is 0.339 e. The summed E-state index contributed by atoms with van der Waals surface area (Å²) in [6.45, 7) is 5.28. The number of amides is 2. The standard InChI is InChI=1S/C22H25ClN2O2/c1-3-25(4-2)20(26)16-6-12-19(13-7-16)24-21(27)22(14-5-15-22)17-8-10-18(23)11-9-17/h6-13H,3-5,14-15H2,1-2H3,(H,24,27). The van der Waals surface area contributed by atoms with E-state index in [9.17, 15) is 9.59 Å². The Kier molecular flexibility index (Phi) is 5.85. The minimum atomic E-state index is -0.486. The molecule has 2 amide bonds. The van der Waals surface area contributed by atoms with Crippen molar-refractivity contribution in [3.63, 3.8) is 0 Å². The molecule has 0 heterocycles. The maximum atomic E-state index is 13.0. The molecule has 1 N–H and O–H groups in total. The van der Waals surface area contributed by atoms with Gasteiger partial charge in [0.05, 0.1) is 5.41 Å². The van der Waals surface area contributed by atoms with Gasteiger partial charge in [0.25, 0.3) is 5.91 Å². The summed E-state index contributed by atoms with van der Waals surface area (Å²) in [4.78, 5) is 27.2. The average molecular weight is 385 g/mol. The molecule has 0 saturated heterocycles. The Balaban J connectivity index is 1.74. The first-order valence-electron chi connectivity index (χ1n) is 9.47. The maximum absolute atomic E-state index is 13.0. The van der Waals surface area contributed by atoms with Gasteiger partial charge in [-0.1, -0.05) is 30.2 Å². The first kappa shape index (κ1) is 19.4. The molecule has 0 radical (unpaired) electrons. The number of nitrogens with one attached hydrogen (secondary N) is 1. The van der Waals surface area contributed by atoms with E-state index in [1.54, 1.807) is 29.2 Å². The minimum absolute atomic E-state index is 0.00103. The Morgan fingerprint density at radius 1 is 1.00 bits per heavy atom. The lowest BCUT2D eigenvalue weighted by atomic mass is 9.64. The summed E-state index contributed by atoms with van der Waals surface area (Å²) in [6.07, 6.45) is 2.70. The second-order valence-electron chi connectivity index (χ2n) is 6.95. The van der Waals surface area contributed by atoms with Crippen molar-refractivity contribution < 1.29 is 9.59 Å². The number of carbonyl (C=O) groups excluding carboxylic acids is 2. The number of hydrogen-bond donors (Lipinski definition) is 1. The van der Waals surface area contributed by atoms with E-state index < -0.39 is 5.41 Å². The zero-order valence-electron chi connectivity index (χ0n) is 15.8. The molecular formula is C22H25ClN2O2. The first-order chi connectivity index (χ1) is 13.0. The van der Waals surface area contributed by atoms with Crippen LogP contribution in [0.2, 0.25) is 5.02 Å². The monoisotopic (exact) mass is 384 g/mol. The van der Waals surface area contributed by atoms with Crippen LogP contribution in [-0.4, -0.2) is 29.8 Å². The van der Waals surface area contributed by atoms with Gasteiger partial charge in [-0.3, -0.25) is 9.59 Å². The highest BCUT2D eigenvalue weighted by Gasteiger charge is 2.45. The molecule has 2 aromatic rings. The summed E-state index contributed by atoms with van der Waals surface area (Å²) in [7, 11) is 0. The fraction of sp³-hybridized carbons (Fsp3) is 0.364. The fourth-order valence-electron chi connectivity index (χ4n) is 3.59. The lowest BCUT2D eigenvalue weighted by Gasteiger charge is -2.40. The van der Waals surface area contributed by atoms with E-state index in [1.165, 1.54) is 0 Å². The summed E-state index contributed by atoms with van der Waals surface area (Å²) < 4.78 is 0. The van der Waals surface area contributed by atoms with Gasteiger partial charge in [-0.25, -0.2) is 0 Å². The van der Waals surface area contributed by atoms with Crippen LogP contribution >= 0.6 is 11.6 Å². The highest BCUT2D eigenvalue weighted by Crippen LogP contribution is 2.44. The minimum Gasteiger partial charge on any atom is -0.339 e. The number of halogens is 1. The van der Waals surface area contributed by atoms with Crippen molar-refractivity contribution in [3.8, 4) is 0 Å². The van der Waals surface area contributed by atoms with Crippen molar-refractivity contribution in [2.24, 2.45) is 0 Å². The predicted molar refractivity (Wildman–Crippen MR) is 109 cm³/mol. The molecular weight excluding hydrogens is 360 g/mol. The molecule has 0 aromatic heterocycles. The fourth-order valence-corrected chi connectivity index (χ4v) is 3.71. The van der Waals surface area contributed by atoms with Gasteiger partial charge >= 0.3 is 0 Å². The lowest BCUT2D eigenvalue weighted by Crippen LogP contribution is -2.46. The Bertz CT molecular complexity index is 807. The van der Waals surface area contributed by atoms with E-state index in [0.717, 1.165) is 24.8 Å². The Hall–Kier alpha value is -2.33. The molecule has 1 aliphatic carbocycles. The summed E-state index contributed by atoms with van der Waals surface area (Å²) >= 11 is 5.98. The van der Waals surface area contributed by atoms with E-state index in [-0.39, 0.29) is 11.8 Å². The van der Waals surface area contributed by atoms with E-state index in [4.69, 9.17) is 11.6 Å². The van der Waals surface area contributed by atoms with Gasteiger partial charge in [0.2, 0.25) is 5.91 Å². The molecule has 1 aliphatic rings. The molecule has 0 unspecified atom stereocenters. The zero-order valence-corrected chi connectivity index (χ0v) is 16.6. The molecule has 0 aliphatic heterocycles. The predicted octanol–water partition coefficient (Wildman–Crippen LogP) is 4.88. The third-order valence-corrected chi connectivity index (χ3v) is 5.73. The van der Waals surface area contributed by atoms with Crippen molar-refractivity contribution in [3.05, 3.63) is 64.7 Å². The van der Waals surface area contributed by atoms with Crippen LogP contribution in [0, 0.1) is 0 Å². The lowest BCUT2D eigenvalue weighted by molar-refractivity contribution is -0.124. The Morgan fingerprint density at radius 2 is 1.59 bits per heavy atom. The second-order valence-corrected chi connectivity index (χ2v) is 7.39. The molecule has 1 fully saturated rings. The van der Waals surface area contributed by atoms with Crippen LogP contribution in [0.15, 0.2) is 48.5 Å². The molecule has 5 heteroatoms. The number of hydrogen-bond acceptors (Lipinski definition) is 2. The number of nitrogens with zero attached hydrogens (tertiary/aromatic N) is 1. The molecule has 1 saturated carbocycles. The summed E-state index contributed by atoms with van der Waals surface area (Å²) in [5, 5.41) is 3.69. The van der Waals surface area contributed by atoms with Crippen molar-refractivity contribution in [2.75, 3.05) is 18.4 Å². The van der Waals surface area contributed by atoms with E-state index >= 15 is 0 Å². The summed E-state index contributed by atoms with van der Waals surface area (Å²) in [6, 6.07) is 14.7. The third-order valence-electron chi connectivity index (χ3n) is 5.48. The van der Waals surface area contributed by atoms with Crippen molar-refractivity contribution in [2.45, 2.75) is 38.5 Å². The van der Waals surface area contributed by atoms with Crippen LogP contribution < -0.4 is 5.32 Å². The maximum Gasteiger partial charge on any atom is 0.253 e. The average Bonchev–Trinajstić information content (AvgIpc) is 2.64. The van der Waals surface area contributed by atoms with Crippen LogP contribution in [0.4, 0.5) is 5.69 Å². The zero-order chi connectivity index (χ0) is 19.4. The van der Waals surface area contributed by atoms with Gasteiger partial charge in [0.1, 0.15) is 0 Å². The first-order valence-corrected chi connectivity index (χ1v) is 9.85. The summed E-state index contributed by atoms with van der Waals surface area (Å²) in [5.41, 5.74) is 1.85. The Morgan fingerprint density at radius 3 is 2.07 bits per heavy atom. The van der Waals surface area contributed by atoms with Crippen LogP contribution in [-0.2, 0) is 10.2 Å². The van der Waals surface area contributed by atoms with Gasteiger partial charge in [-0.2, -0.15) is 0 Å². The highest BCUT2D eigenvalue weighted by atomic mass is 35.5. The number of carbonyl (C=O) groups is 2. The quantitative estimate of drug-likeness (QED) is 0.771. The molecule has 0 atom stereocenters. The van der Waals surface area contributed by atoms with E-state index in [1.807, 2.05) is 38.1 Å². The number of benzene rings is 2. The smallest absolute Gasteiger partial charge is 0.253 e. The highest BCUT2D eigenvalue weighted by molar-refractivity contribution is 6.30. The van der Waals surface area contributed by atoms with E-state index in [0.29, 0.717) is 29.4 Å². The van der Waals surface area contributed by atoms with Crippen molar-refractivity contribution >= 4 is 29.1 Å². The van der Waals surface area contributed by atoms with Crippen LogP contribution in [0.5, 0.6) is 0 Å². The second kappa shape index (κ2) is 8.13.